The maximum absolute atomic E-state index is 12.9. The number of carbonyl (C=O) groups excluding carboxylic acids is 1. The van der Waals surface area contributed by atoms with Gasteiger partial charge in [-0.1, -0.05) is 17.7 Å². The Kier molecular flexibility index (Phi) is 6.29. The molecule has 0 bridgehead atoms. The first-order valence-electron chi connectivity index (χ1n) is 11.4. The number of benzene rings is 1. The molecule has 1 amide bonds. The highest BCUT2D eigenvalue weighted by Crippen LogP contribution is 2.42. The molecule has 0 saturated carbocycles. The van der Waals surface area contributed by atoms with Crippen molar-refractivity contribution in [3.8, 4) is 0 Å². The third kappa shape index (κ3) is 5.06. The van der Waals surface area contributed by atoms with Crippen LogP contribution in [0.25, 0.3) is 10.8 Å². The van der Waals surface area contributed by atoms with E-state index in [0.717, 1.165) is 34.9 Å². The zero-order valence-electron chi connectivity index (χ0n) is 19.8. The Morgan fingerprint density at radius 3 is 2.64 bits per heavy atom. The highest BCUT2D eigenvalue weighted by molar-refractivity contribution is 7.90. The quantitative estimate of drug-likeness (QED) is 0.567. The van der Waals surface area contributed by atoms with Crippen molar-refractivity contribution in [3.63, 3.8) is 0 Å². The van der Waals surface area contributed by atoms with Crippen molar-refractivity contribution in [2.45, 2.75) is 58.2 Å². The van der Waals surface area contributed by atoms with Gasteiger partial charge in [0.05, 0.1) is 11.8 Å². The van der Waals surface area contributed by atoms with Crippen LogP contribution in [0.5, 0.6) is 0 Å². The third-order valence-electron chi connectivity index (χ3n) is 6.55. The second kappa shape index (κ2) is 8.62. The molecule has 2 aromatic rings. The summed E-state index contributed by atoms with van der Waals surface area (Å²) in [6.45, 7) is 9.01. The van der Waals surface area contributed by atoms with Crippen LogP contribution in [0.2, 0.25) is 5.15 Å². The third-order valence-corrected chi connectivity index (χ3v) is 7.79. The topological polar surface area (TPSA) is 79.8 Å². The Balaban J connectivity index is 1.68. The minimum atomic E-state index is -3.02. The number of fused-ring (bicyclic) bond motifs is 1. The van der Waals surface area contributed by atoms with Gasteiger partial charge in [-0.05, 0) is 63.6 Å². The van der Waals surface area contributed by atoms with Crippen LogP contribution in [0.3, 0.4) is 0 Å². The van der Waals surface area contributed by atoms with Crippen molar-refractivity contribution in [1.82, 2.24) is 9.88 Å². The van der Waals surface area contributed by atoms with Gasteiger partial charge in [0, 0.05) is 48.6 Å². The van der Waals surface area contributed by atoms with E-state index in [0.29, 0.717) is 18.2 Å². The number of hydrogen-bond donors (Lipinski definition) is 0. The van der Waals surface area contributed by atoms with Gasteiger partial charge in [0.1, 0.15) is 20.6 Å². The van der Waals surface area contributed by atoms with Crippen molar-refractivity contribution in [1.29, 1.82) is 0 Å². The molecule has 9 heteroatoms. The average Bonchev–Trinajstić information content (AvgIpc) is 3.18. The van der Waals surface area contributed by atoms with E-state index in [4.69, 9.17) is 16.3 Å². The zero-order chi connectivity index (χ0) is 24.1. The van der Waals surface area contributed by atoms with E-state index >= 15 is 0 Å². The second-order valence-corrected chi connectivity index (χ2v) is 12.9. The summed E-state index contributed by atoms with van der Waals surface area (Å²) < 4.78 is 29.2. The Labute approximate surface area is 201 Å². The molecule has 33 heavy (non-hydrogen) atoms. The molecule has 2 aliphatic rings. The summed E-state index contributed by atoms with van der Waals surface area (Å²) >= 11 is 6.29. The summed E-state index contributed by atoms with van der Waals surface area (Å²) in [7, 11) is -3.02. The van der Waals surface area contributed by atoms with E-state index in [1.807, 2.05) is 31.7 Å². The molecular formula is C24H32ClN3O4S. The number of anilines is 1. The molecule has 0 spiro atoms. The Hall–Kier alpha value is -2.06. The number of amides is 1. The summed E-state index contributed by atoms with van der Waals surface area (Å²) in [6.07, 6.45) is 4.52. The molecule has 3 heterocycles. The van der Waals surface area contributed by atoms with E-state index in [1.54, 1.807) is 6.20 Å². The lowest BCUT2D eigenvalue weighted by Crippen LogP contribution is -2.57. The van der Waals surface area contributed by atoms with E-state index in [-0.39, 0.29) is 29.8 Å². The van der Waals surface area contributed by atoms with Crippen molar-refractivity contribution in [2.75, 3.05) is 30.0 Å². The van der Waals surface area contributed by atoms with Crippen molar-refractivity contribution in [3.05, 3.63) is 35.1 Å². The lowest BCUT2D eigenvalue weighted by Gasteiger charge is -2.48. The number of halogens is 1. The number of rotatable bonds is 4. The minimum absolute atomic E-state index is 0.0957. The Bertz CT molecular complexity index is 1180. The number of sulfone groups is 1. The molecule has 1 aromatic heterocycles. The smallest absolute Gasteiger partial charge is 0.410 e. The summed E-state index contributed by atoms with van der Waals surface area (Å²) in [5.74, 6) is 0.296. The molecule has 0 aliphatic carbocycles. The maximum Gasteiger partial charge on any atom is 0.410 e. The first-order valence-corrected chi connectivity index (χ1v) is 13.8. The number of pyridine rings is 1. The molecule has 1 unspecified atom stereocenters. The molecule has 180 valence electrons. The molecule has 2 aliphatic heterocycles. The molecule has 1 aromatic carbocycles. The fourth-order valence-corrected chi connectivity index (χ4v) is 6.30. The SMILES string of the molecule is C[C@@H]1[C@@H](CS(C)(=O)=O)CN1c1ccc(C2CCCN2C(=O)OC(C)(C)C)c2cc(Cl)ncc12. The highest BCUT2D eigenvalue weighted by atomic mass is 35.5. The van der Waals surface area contributed by atoms with Crippen LogP contribution in [0.15, 0.2) is 24.4 Å². The monoisotopic (exact) mass is 493 g/mol. The van der Waals surface area contributed by atoms with E-state index in [1.165, 1.54) is 6.26 Å². The van der Waals surface area contributed by atoms with Crippen LogP contribution in [0.1, 0.15) is 52.1 Å². The maximum atomic E-state index is 12.9. The number of hydrogen-bond acceptors (Lipinski definition) is 6. The predicted octanol–water partition coefficient (Wildman–Crippen LogP) is 4.83. The molecular weight excluding hydrogens is 462 g/mol. The molecule has 7 nitrogen and oxygen atoms in total. The molecule has 4 rings (SSSR count). The first kappa shape index (κ1) is 24.1. The minimum Gasteiger partial charge on any atom is -0.444 e. The summed E-state index contributed by atoms with van der Waals surface area (Å²) in [6, 6.07) is 6.00. The predicted molar refractivity (Wildman–Crippen MR) is 132 cm³/mol. The largest absolute Gasteiger partial charge is 0.444 e. The van der Waals surface area contributed by atoms with Gasteiger partial charge in [-0.25, -0.2) is 18.2 Å². The Morgan fingerprint density at radius 1 is 1.27 bits per heavy atom. The molecule has 3 atom stereocenters. The van der Waals surface area contributed by atoms with Crippen molar-refractivity contribution in [2.24, 2.45) is 5.92 Å². The number of aromatic nitrogens is 1. The fraction of sp³-hybridized carbons (Fsp3) is 0.583. The van der Waals surface area contributed by atoms with Crippen molar-refractivity contribution < 1.29 is 17.9 Å². The van der Waals surface area contributed by atoms with E-state index in [9.17, 15) is 13.2 Å². The van der Waals surface area contributed by atoms with E-state index in [2.05, 4.69) is 28.9 Å². The lowest BCUT2D eigenvalue weighted by atomic mass is 9.89. The fourth-order valence-electron chi connectivity index (χ4n) is 4.98. The number of carbonyl (C=O) groups is 1. The van der Waals surface area contributed by atoms with Crippen LogP contribution >= 0.6 is 11.6 Å². The van der Waals surface area contributed by atoms with Gasteiger partial charge in [-0.2, -0.15) is 0 Å². The van der Waals surface area contributed by atoms with Gasteiger partial charge in [0.2, 0.25) is 0 Å². The first-order chi connectivity index (χ1) is 15.3. The van der Waals surface area contributed by atoms with Crippen LogP contribution in [0.4, 0.5) is 10.5 Å². The van der Waals surface area contributed by atoms with Gasteiger partial charge < -0.3 is 14.5 Å². The number of ether oxygens (including phenoxy) is 1. The average molecular weight is 494 g/mol. The lowest BCUT2D eigenvalue weighted by molar-refractivity contribution is 0.0225. The number of nitrogens with zero attached hydrogens (tertiary/aromatic N) is 3. The van der Waals surface area contributed by atoms with Crippen LogP contribution < -0.4 is 4.90 Å². The van der Waals surface area contributed by atoms with Gasteiger partial charge in [-0.3, -0.25) is 0 Å². The van der Waals surface area contributed by atoms with Crippen LogP contribution in [-0.4, -0.2) is 61.1 Å². The summed E-state index contributed by atoms with van der Waals surface area (Å²) in [5, 5.41) is 2.32. The van der Waals surface area contributed by atoms with Gasteiger partial charge in [-0.15, -0.1) is 0 Å². The molecule has 0 radical (unpaired) electrons. The number of likely N-dealkylation sites (tertiary alicyclic amines) is 1. The molecule has 0 N–H and O–H groups in total. The van der Waals surface area contributed by atoms with Gasteiger partial charge >= 0.3 is 6.09 Å². The van der Waals surface area contributed by atoms with Crippen LogP contribution in [0, 0.1) is 5.92 Å². The molecule has 2 saturated heterocycles. The van der Waals surface area contributed by atoms with Gasteiger partial charge in [0.15, 0.2) is 0 Å². The second-order valence-electron chi connectivity index (χ2n) is 10.3. The highest BCUT2D eigenvalue weighted by Gasteiger charge is 2.39. The van der Waals surface area contributed by atoms with Crippen LogP contribution in [-0.2, 0) is 14.6 Å². The normalized spacial score (nSPS) is 23.6. The van der Waals surface area contributed by atoms with E-state index < -0.39 is 15.4 Å². The summed E-state index contributed by atoms with van der Waals surface area (Å²) in [4.78, 5) is 21.2. The van der Waals surface area contributed by atoms with Gasteiger partial charge in [0.25, 0.3) is 0 Å². The Morgan fingerprint density at radius 2 is 2.00 bits per heavy atom. The standard InChI is InChI=1S/C24H32ClN3O4S/c1-15-16(14-33(5,30)31)13-28(15)21-9-8-17(18-11-22(25)26-12-19(18)21)20-7-6-10-27(20)23(29)32-24(2,3)4/h8-9,11-12,15-16,20H,6-7,10,13-14H2,1-5H3/t15-,16-,20?/m1/s1. The molecule has 2 fully saturated rings. The summed E-state index contributed by atoms with van der Waals surface area (Å²) in [5.41, 5.74) is 1.48. The van der Waals surface area contributed by atoms with Crippen molar-refractivity contribution >= 4 is 44.0 Å². The zero-order valence-corrected chi connectivity index (χ0v) is 21.4.